The van der Waals surface area contributed by atoms with E-state index in [9.17, 15) is 29.4 Å². The average molecular weight is 360 g/mol. The Morgan fingerprint density at radius 3 is 1.74 bits per heavy atom. The summed E-state index contributed by atoms with van der Waals surface area (Å²) in [5.41, 5.74) is 0.263. The van der Waals surface area contributed by atoms with Gasteiger partial charge in [-0.2, -0.15) is 0 Å². The highest BCUT2D eigenvalue weighted by Gasteiger charge is 2.30. The summed E-state index contributed by atoms with van der Waals surface area (Å²) in [6.45, 7) is 1.51. The van der Waals surface area contributed by atoms with E-state index in [0.29, 0.717) is 0 Å². The van der Waals surface area contributed by atoms with E-state index in [0.717, 1.165) is 18.2 Å². The SMILES string of the molecule is CC1=CC(=O)c2c(ccc(-c3ccc4c(c3O)C(=O)C=CC4=O)c2O)C1=O. The van der Waals surface area contributed by atoms with Crippen LogP contribution in [0.15, 0.2) is 48.1 Å². The second-order valence-corrected chi connectivity index (χ2v) is 6.35. The largest absolute Gasteiger partial charge is 0.507 e. The Bertz CT molecular complexity index is 1160. The maximum atomic E-state index is 12.3. The van der Waals surface area contributed by atoms with E-state index in [2.05, 4.69) is 0 Å². The van der Waals surface area contributed by atoms with Crippen LogP contribution in [0.2, 0.25) is 0 Å². The molecule has 132 valence electrons. The topological polar surface area (TPSA) is 109 Å². The molecule has 0 saturated heterocycles. The van der Waals surface area contributed by atoms with Gasteiger partial charge < -0.3 is 10.2 Å². The van der Waals surface area contributed by atoms with Gasteiger partial charge in [0.2, 0.25) is 0 Å². The molecule has 0 bridgehead atoms. The van der Waals surface area contributed by atoms with Gasteiger partial charge in [-0.25, -0.2) is 0 Å². The Morgan fingerprint density at radius 1 is 0.630 bits per heavy atom. The lowest BCUT2D eigenvalue weighted by Gasteiger charge is -2.18. The monoisotopic (exact) mass is 360 g/mol. The Kier molecular flexibility index (Phi) is 3.46. The van der Waals surface area contributed by atoms with Crippen LogP contribution in [0.25, 0.3) is 11.1 Å². The Labute approximate surface area is 153 Å². The lowest BCUT2D eigenvalue weighted by molar-refractivity contribution is 0.0982. The second-order valence-electron chi connectivity index (χ2n) is 6.35. The van der Waals surface area contributed by atoms with Crippen LogP contribution in [-0.2, 0) is 0 Å². The van der Waals surface area contributed by atoms with Crippen LogP contribution < -0.4 is 0 Å². The Balaban J connectivity index is 1.96. The molecule has 2 N–H and O–H groups in total. The first-order chi connectivity index (χ1) is 12.8. The van der Waals surface area contributed by atoms with Crippen molar-refractivity contribution in [2.24, 2.45) is 0 Å². The number of hydrogen-bond acceptors (Lipinski definition) is 6. The number of carbonyl (C=O) groups is 4. The fraction of sp³-hybridized carbons (Fsp3) is 0.0476. The van der Waals surface area contributed by atoms with Gasteiger partial charge in [-0.1, -0.05) is 0 Å². The van der Waals surface area contributed by atoms with Crippen molar-refractivity contribution in [2.75, 3.05) is 0 Å². The van der Waals surface area contributed by atoms with Crippen molar-refractivity contribution in [3.05, 3.63) is 70.3 Å². The van der Waals surface area contributed by atoms with Crippen molar-refractivity contribution in [3.63, 3.8) is 0 Å². The van der Waals surface area contributed by atoms with Gasteiger partial charge in [0, 0.05) is 27.8 Å². The number of allylic oxidation sites excluding steroid dienone is 4. The number of fused-ring (bicyclic) bond motifs is 2. The summed E-state index contributed by atoms with van der Waals surface area (Å²) in [6.07, 6.45) is 3.34. The number of aromatic hydroxyl groups is 2. The predicted octanol–water partition coefficient (Wildman–Crippen LogP) is 3.03. The van der Waals surface area contributed by atoms with E-state index in [4.69, 9.17) is 0 Å². The van der Waals surface area contributed by atoms with E-state index in [1.807, 2.05) is 0 Å². The lowest BCUT2D eigenvalue weighted by Crippen LogP contribution is -2.16. The molecule has 2 aliphatic rings. The third-order valence-electron chi connectivity index (χ3n) is 4.74. The highest BCUT2D eigenvalue weighted by Crippen LogP contribution is 2.43. The minimum absolute atomic E-state index is 0.0611. The van der Waals surface area contributed by atoms with Gasteiger partial charge >= 0.3 is 0 Å². The molecule has 6 heteroatoms. The minimum atomic E-state index is -0.536. The molecular formula is C21H12O6. The first-order valence-electron chi connectivity index (χ1n) is 8.07. The van der Waals surface area contributed by atoms with Gasteiger partial charge in [-0.15, -0.1) is 0 Å². The first kappa shape index (κ1) is 16.7. The number of ketones is 4. The number of Topliss-reactive ketones (excluding diaryl/α,β-unsaturated/α-hetero) is 1. The van der Waals surface area contributed by atoms with Crippen LogP contribution in [0.5, 0.6) is 11.5 Å². The van der Waals surface area contributed by atoms with E-state index in [-0.39, 0.29) is 44.7 Å². The van der Waals surface area contributed by atoms with Crippen LogP contribution >= 0.6 is 0 Å². The molecule has 0 fully saturated rings. The fourth-order valence-corrected chi connectivity index (χ4v) is 3.38. The van der Waals surface area contributed by atoms with Gasteiger partial charge in [0.25, 0.3) is 0 Å². The van der Waals surface area contributed by atoms with Crippen molar-refractivity contribution in [3.8, 4) is 22.6 Å². The molecule has 0 heterocycles. The number of benzene rings is 2. The van der Waals surface area contributed by atoms with Gasteiger partial charge in [0.05, 0.1) is 11.1 Å². The average Bonchev–Trinajstić information content (AvgIpc) is 2.63. The molecule has 2 aromatic rings. The van der Waals surface area contributed by atoms with E-state index < -0.39 is 28.8 Å². The summed E-state index contributed by atoms with van der Waals surface area (Å²) >= 11 is 0. The molecule has 0 saturated carbocycles. The molecule has 4 rings (SSSR count). The number of rotatable bonds is 1. The van der Waals surface area contributed by atoms with Crippen molar-refractivity contribution in [2.45, 2.75) is 6.92 Å². The minimum Gasteiger partial charge on any atom is -0.507 e. The summed E-state index contributed by atoms with van der Waals surface area (Å²) in [5.74, 6) is -2.77. The molecule has 27 heavy (non-hydrogen) atoms. The molecule has 0 spiro atoms. The van der Waals surface area contributed by atoms with Gasteiger partial charge in [-0.3, -0.25) is 19.2 Å². The van der Waals surface area contributed by atoms with Crippen LogP contribution in [0, 0.1) is 0 Å². The van der Waals surface area contributed by atoms with E-state index in [1.165, 1.54) is 31.2 Å². The highest BCUT2D eigenvalue weighted by atomic mass is 16.3. The van der Waals surface area contributed by atoms with Crippen molar-refractivity contribution < 1.29 is 29.4 Å². The smallest absolute Gasteiger partial charge is 0.190 e. The quantitative estimate of drug-likeness (QED) is 0.809. The molecule has 2 aromatic carbocycles. The fourth-order valence-electron chi connectivity index (χ4n) is 3.38. The molecule has 0 aromatic heterocycles. The van der Waals surface area contributed by atoms with Crippen molar-refractivity contribution in [1.82, 2.24) is 0 Å². The Morgan fingerprint density at radius 2 is 1.11 bits per heavy atom. The van der Waals surface area contributed by atoms with Gasteiger partial charge in [-0.05, 0) is 49.4 Å². The normalized spacial score (nSPS) is 15.5. The van der Waals surface area contributed by atoms with Crippen LogP contribution in [0.1, 0.15) is 48.4 Å². The summed E-state index contributed by atoms with van der Waals surface area (Å²) in [5, 5.41) is 21.2. The maximum absolute atomic E-state index is 12.3. The maximum Gasteiger partial charge on any atom is 0.190 e. The van der Waals surface area contributed by atoms with Crippen LogP contribution in [0.3, 0.4) is 0 Å². The Hall–Kier alpha value is -3.80. The zero-order chi connectivity index (χ0) is 19.5. The van der Waals surface area contributed by atoms with Gasteiger partial charge in [0.15, 0.2) is 23.1 Å². The lowest BCUT2D eigenvalue weighted by atomic mass is 9.85. The number of phenolic OH excluding ortho intramolecular Hbond substituents is 2. The summed E-state index contributed by atoms with van der Waals surface area (Å²) < 4.78 is 0. The van der Waals surface area contributed by atoms with Crippen LogP contribution in [0.4, 0.5) is 0 Å². The van der Waals surface area contributed by atoms with Crippen molar-refractivity contribution in [1.29, 1.82) is 0 Å². The molecule has 0 unspecified atom stereocenters. The molecule has 0 radical (unpaired) electrons. The molecule has 6 nitrogen and oxygen atoms in total. The van der Waals surface area contributed by atoms with E-state index in [1.54, 1.807) is 0 Å². The standard InChI is InChI=1S/C21H12O6/c1-9-8-16(24)18-13(19(9)25)5-3-11(21(18)27)10-2-4-12-14(22)6-7-15(23)17(12)20(10)26/h2-8,26-27H,1H3. The molecular weight excluding hydrogens is 348 g/mol. The zero-order valence-corrected chi connectivity index (χ0v) is 14.1. The third kappa shape index (κ3) is 2.27. The second kappa shape index (κ2) is 5.60. The zero-order valence-electron chi connectivity index (χ0n) is 14.1. The summed E-state index contributed by atoms with van der Waals surface area (Å²) in [4.78, 5) is 48.6. The highest BCUT2D eigenvalue weighted by molar-refractivity contribution is 6.26. The predicted molar refractivity (Wildman–Crippen MR) is 95.4 cm³/mol. The molecule has 0 aliphatic heterocycles. The molecule has 0 atom stereocenters. The number of phenols is 2. The third-order valence-corrected chi connectivity index (χ3v) is 4.74. The van der Waals surface area contributed by atoms with Gasteiger partial charge in [0.1, 0.15) is 11.5 Å². The summed E-state index contributed by atoms with van der Waals surface area (Å²) in [6, 6.07) is 5.55. The number of carbonyl (C=O) groups excluding carboxylic acids is 4. The van der Waals surface area contributed by atoms with Crippen LogP contribution in [-0.4, -0.2) is 33.3 Å². The number of hydrogen-bond donors (Lipinski definition) is 2. The molecule has 0 amide bonds. The first-order valence-corrected chi connectivity index (χ1v) is 8.07. The summed E-state index contributed by atoms with van der Waals surface area (Å²) in [7, 11) is 0. The molecule has 2 aliphatic carbocycles. The van der Waals surface area contributed by atoms with Crippen molar-refractivity contribution >= 4 is 23.1 Å². The van der Waals surface area contributed by atoms with E-state index >= 15 is 0 Å².